The summed E-state index contributed by atoms with van der Waals surface area (Å²) in [5.74, 6) is 0.680. The zero-order valence-corrected chi connectivity index (χ0v) is 19.9. The van der Waals surface area contributed by atoms with E-state index in [0.29, 0.717) is 34.6 Å². The molecular weight excluding hydrogens is 420 g/mol. The fourth-order valence-corrected chi connectivity index (χ4v) is 3.66. The summed E-state index contributed by atoms with van der Waals surface area (Å²) >= 11 is 0. The number of hydrogen-bond acceptors (Lipinski definition) is 6. The van der Waals surface area contributed by atoms with Gasteiger partial charge in [0.25, 0.3) is 0 Å². The smallest absolute Gasteiger partial charge is 0.204 e. The van der Waals surface area contributed by atoms with Crippen molar-refractivity contribution in [2.75, 3.05) is 14.2 Å². The number of methoxy groups -OCH3 is 2. The zero-order valence-electron chi connectivity index (χ0n) is 19.9. The molecular formula is C27H30O6. The van der Waals surface area contributed by atoms with Gasteiger partial charge in [0, 0.05) is 11.1 Å². The van der Waals surface area contributed by atoms with E-state index in [1.54, 1.807) is 18.2 Å². The molecule has 1 heterocycles. The van der Waals surface area contributed by atoms with Crippen LogP contribution in [0.4, 0.5) is 0 Å². The lowest BCUT2D eigenvalue weighted by Gasteiger charge is -2.15. The number of phenols is 2. The third-order valence-corrected chi connectivity index (χ3v) is 5.49. The second-order valence-corrected chi connectivity index (χ2v) is 8.38. The summed E-state index contributed by atoms with van der Waals surface area (Å²) < 4.78 is 16.5. The van der Waals surface area contributed by atoms with Crippen LogP contribution in [0.1, 0.15) is 38.8 Å². The molecule has 3 rings (SSSR count). The summed E-state index contributed by atoms with van der Waals surface area (Å²) in [6.45, 7) is 7.77. The van der Waals surface area contributed by atoms with Crippen molar-refractivity contribution >= 4 is 11.0 Å². The molecule has 0 fully saturated rings. The molecule has 33 heavy (non-hydrogen) atoms. The van der Waals surface area contributed by atoms with E-state index in [-0.39, 0.29) is 34.5 Å². The Morgan fingerprint density at radius 3 is 2.09 bits per heavy atom. The van der Waals surface area contributed by atoms with Crippen molar-refractivity contribution < 1.29 is 24.1 Å². The Bertz CT molecular complexity index is 1300. The van der Waals surface area contributed by atoms with E-state index in [0.717, 1.165) is 11.1 Å². The molecule has 0 atom stereocenters. The van der Waals surface area contributed by atoms with Crippen molar-refractivity contribution in [3.63, 3.8) is 0 Å². The van der Waals surface area contributed by atoms with Crippen LogP contribution in [0, 0.1) is 0 Å². The van der Waals surface area contributed by atoms with E-state index in [4.69, 9.17) is 13.9 Å². The van der Waals surface area contributed by atoms with E-state index >= 15 is 0 Å². The molecule has 6 nitrogen and oxygen atoms in total. The van der Waals surface area contributed by atoms with Gasteiger partial charge in [0.15, 0.2) is 11.5 Å². The van der Waals surface area contributed by atoms with Crippen LogP contribution in [0.2, 0.25) is 0 Å². The minimum absolute atomic E-state index is 0.0504. The molecule has 0 aliphatic heterocycles. The van der Waals surface area contributed by atoms with Crippen LogP contribution in [0.15, 0.2) is 57.0 Å². The molecule has 2 N–H and O–H groups in total. The molecule has 0 bridgehead atoms. The van der Waals surface area contributed by atoms with Gasteiger partial charge in [-0.15, -0.1) is 0 Å². The minimum Gasteiger partial charge on any atom is -0.507 e. The first-order valence-electron chi connectivity index (χ1n) is 10.7. The molecule has 0 aliphatic carbocycles. The van der Waals surface area contributed by atoms with Gasteiger partial charge < -0.3 is 24.1 Å². The van der Waals surface area contributed by atoms with Crippen molar-refractivity contribution in [1.29, 1.82) is 0 Å². The Kier molecular flexibility index (Phi) is 7.16. The van der Waals surface area contributed by atoms with Crippen LogP contribution in [0.25, 0.3) is 22.1 Å². The maximum Gasteiger partial charge on any atom is 0.204 e. The summed E-state index contributed by atoms with van der Waals surface area (Å²) in [7, 11) is 3.05. The summed E-state index contributed by atoms with van der Waals surface area (Å²) in [5, 5.41) is 22.1. The van der Waals surface area contributed by atoms with Crippen molar-refractivity contribution in [2.24, 2.45) is 0 Å². The topological polar surface area (TPSA) is 89.1 Å². The van der Waals surface area contributed by atoms with Crippen LogP contribution < -0.4 is 14.9 Å². The maximum atomic E-state index is 13.6. The van der Waals surface area contributed by atoms with Crippen molar-refractivity contribution in [1.82, 2.24) is 0 Å². The first-order valence-corrected chi connectivity index (χ1v) is 10.7. The Balaban J connectivity index is 2.34. The Morgan fingerprint density at radius 1 is 0.909 bits per heavy atom. The highest BCUT2D eigenvalue weighted by atomic mass is 16.5. The number of benzene rings is 2. The number of ether oxygens (including phenoxy) is 2. The van der Waals surface area contributed by atoms with Crippen LogP contribution in [-0.2, 0) is 12.8 Å². The minimum atomic E-state index is -0.391. The SMILES string of the molecule is COc1ccc(-c2coc3c(CC=C(C)C)c(O)c(CC=C(C)C)c(O)c3c2=O)cc1OC. The predicted octanol–water partition coefficient (Wildman–Crippen LogP) is 5.91. The van der Waals surface area contributed by atoms with E-state index in [2.05, 4.69) is 0 Å². The Morgan fingerprint density at radius 2 is 1.52 bits per heavy atom. The monoisotopic (exact) mass is 450 g/mol. The Hall–Kier alpha value is -3.67. The molecule has 0 amide bonds. The first kappa shape index (κ1) is 24.0. The highest BCUT2D eigenvalue weighted by Gasteiger charge is 2.23. The van der Waals surface area contributed by atoms with Gasteiger partial charge in [0.2, 0.25) is 5.43 Å². The van der Waals surface area contributed by atoms with Gasteiger partial charge in [-0.1, -0.05) is 29.4 Å². The largest absolute Gasteiger partial charge is 0.507 e. The van der Waals surface area contributed by atoms with E-state index in [1.807, 2.05) is 39.8 Å². The molecule has 0 aliphatic rings. The van der Waals surface area contributed by atoms with Gasteiger partial charge in [0.1, 0.15) is 28.7 Å². The molecule has 1 aromatic heterocycles. The number of phenolic OH excluding ortho intramolecular Hbond substituents is 2. The van der Waals surface area contributed by atoms with Gasteiger partial charge in [-0.3, -0.25) is 4.79 Å². The van der Waals surface area contributed by atoms with Crippen LogP contribution in [0.3, 0.4) is 0 Å². The van der Waals surface area contributed by atoms with E-state index in [1.165, 1.54) is 20.5 Å². The number of aromatic hydroxyl groups is 2. The average Bonchev–Trinajstić information content (AvgIpc) is 2.77. The van der Waals surface area contributed by atoms with Gasteiger partial charge in [-0.25, -0.2) is 0 Å². The van der Waals surface area contributed by atoms with Crippen LogP contribution in [-0.4, -0.2) is 24.4 Å². The number of rotatable bonds is 7. The van der Waals surface area contributed by atoms with Gasteiger partial charge in [-0.05, 0) is 58.2 Å². The van der Waals surface area contributed by atoms with Gasteiger partial charge in [0.05, 0.1) is 19.8 Å². The van der Waals surface area contributed by atoms with Crippen molar-refractivity contribution in [2.45, 2.75) is 40.5 Å². The fourth-order valence-electron chi connectivity index (χ4n) is 3.66. The zero-order chi connectivity index (χ0) is 24.3. The quantitative estimate of drug-likeness (QED) is 0.435. The van der Waals surface area contributed by atoms with Crippen molar-refractivity contribution in [3.8, 4) is 34.1 Å². The molecule has 0 saturated carbocycles. The normalized spacial score (nSPS) is 10.7. The molecule has 6 heteroatoms. The molecule has 0 saturated heterocycles. The Labute approximate surface area is 193 Å². The van der Waals surface area contributed by atoms with Crippen LogP contribution >= 0.6 is 0 Å². The third-order valence-electron chi connectivity index (χ3n) is 5.49. The lowest BCUT2D eigenvalue weighted by Crippen LogP contribution is -2.08. The molecule has 0 spiro atoms. The lowest BCUT2D eigenvalue weighted by atomic mass is 9.95. The second kappa shape index (κ2) is 9.86. The number of allylic oxidation sites excluding steroid dienone is 4. The highest BCUT2D eigenvalue weighted by molar-refractivity contribution is 5.92. The predicted molar refractivity (Wildman–Crippen MR) is 131 cm³/mol. The highest BCUT2D eigenvalue weighted by Crippen LogP contribution is 2.41. The number of hydrogen-bond donors (Lipinski definition) is 2. The molecule has 2 aromatic carbocycles. The summed E-state index contributed by atoms with van der Waals surface area (Å²) in [4.78, 5) is 13.6. The molecule has 3 aromatic rings. The summed E-state index contributed by atoms with van der Waals surface area (Å²) in [6, 6.07) is 5.11. The molecule has 0 radical (unpaired) electrons. The third kappa shape index (κ3) is 4.75. The maximum absolute atomic E-state index is 13.6. The second-order valence-electron chi connectivity index (χ2n) is 8.38. The summed E-state index contributed by atoms with van der Waals surface area (Å²) in [5.41, 5.74) is 3.49. The average molecular weight is 451 g/mol. The molecule has 0 unspecified atom stereocenters. The van der Waals surface area contributed by atoms with Gasteiger partial charge >= 0.3 is 0 Å². The first-order chi connectivity index (χ1) is 15.7. The van der Waals surface area contributed by atoms with Crippen LogP contribution in [0.5, 0.6) is 23.0 Å². The van der Waals surface area contributed by atoms with E-state index < -0.39 is 5.43 Å². The fraction of sp³-hybridized carbons (Fsp3) is 0.296. The lowest BCUT2D eigenvalue weighted by molar-refractivity contribution is 0.355. The number of fused-ring (bicyclic) bond motifs is 1. The molecule has 174 valence electrons. The van der Waals surface area contributed by atoms with Crippen molar-refractivity contribution in [3.05, 3.63) is 69.1 Å². The van der Waals surface area contributed by atoms with Gasteiger partial charge in [-0.2, -0.15) is 0 Å². The summed E-state index contributed by atoms with van der Waals surface area (Å²) in [6.07, 6.45) is 5.85. The van der Waals surface area contributed by atoms with E-state index in [9.17, 15) is 15.0 Å². The standard InChI is InChI=1S/C27H30O6/c1-15(2)7-10-18-24(28)19(11-8-16(3)4)27-23(25(18)29)26(30)20(14-33-27)17-9-12-21(31-5)22(13-17)32-6/h7-9,12-14,28-29H,10-11H2,1-6H3.